The number of fused-ring (bicyclic) bond motifs is 1. The minimum Gasteiger partial charge on any atom is -0.454 e. The zero-order valence-electron chi connectivity index (χ0n) is 15.2. The van der Waals surface area contributed by atoms with Crippen molar-refractivity contribution in [2.75, 3.05) is 19.9 Å². The fraction of sp³-hybridized carbons (Fsp3) is 0.500. The summed E-state index contributed by atoms with van der Waals surface area (Å²) in [6.45, 7) is 4.93. The van der Waals surface area contributed by atoms with Gasteiger partial charge in [0.05, 0.1) is 0 Å². The van der Waals surface area contributed by atoms with Crippen molar-refractivity contribution < 1.29 is 14.3 Å². The lowest BCUT2D eigenvalue weighted by Crippen LogP contribution is -2.39. The predicted molar refractivity (Wildman–Crippen MR) is 97.6 cm³/mol. The third kappa shape index (κ3) is 3.28. The van der Waals surface area contributed by atoms with E-state index in [1.165, 1.54) is 0 Å². The van der Waals surface area contributed by atoms with Gasteiger partial charge in [-0.2, -0.15) is 0 Å². The Balaban J connectivity index is 1.48. The fourth-order valence-corrected chi connectivity index (χ4v) is 3.78. The van der Waals surface area contributed by atoms with Crippen molar-refractivity contribution in [3.8, 4) is 11.5 Å². The second kappa shape index (κ2) is 7.40. The maximum absolute atomic E-state index is 13.0. The number of rotatable bonds is 5. The fourth-order valence-electron chi connectivity index (χ4n) is 3.78. The number of hydrogen-bond donors (Lipinski definition) is 0. The van der Waals surface area contributed by atoms with Gasteiger partial charge in [-0.3, -0.25) is 4.79 Å². The predicted octanol–water partition coefficient (Wildman–Crippen LogP) is 3.43. The Hall–Kier alpha value is -2.50. The number of carbonyl (C=O) groups excluding carboxylic acids is 1. The molecular weight excluding hydrogens is 330 g/mol. The number of amides is 1. The Kier molecular flexibility index (Phi) is 4.82. The first kappa shape index (κ1) is 16.9. The van der Waals surface area contributed by atoms with Crippen LogP contribution in [0.1, 0.15) is 54.7 Å². The first-order chi connectivity index (χ1) is 12.8. The first-order valence-corrected chi connectivity index (χ1v) is 9.46. The van der Waals surface area contributed by atoms with Gasteiger partial charge in [0.15, 0.2) is 11.5 Å². The van der Waals surface area contributed by atoms with Crippen LogP contribution in [-0.2, 0) is 6.54 Å². The number of aromatic nitrogens is 2. The molecule has 0 aliphatic carbocycles. The zero-order valence-corrected chi connectivity index (χ0v) is 15.2. The largest absolute Gasteiger partial charge is 0.454 e. The number of imidazole rings is 1. The molecule has 3 heterocycles. The highest BCUT2D eigenvalue weighted by molar-refractivity contribution is 5.95. The van der Waals surface area contributed by atoms with Crippen LogP contribution in [0, 0.1) is 0 Å². The van der Waals surface area contributed by atoms with Gasteiger partial charge in [0.1, 0.15) is 5.82 Å². The molecule has 1 atom stereocenters. The van der Waals surface area contributed by atoms with Crippen molar-refractivity contribution in [2.24, 2.45) is 0 Å². The summed E-state index contributed by atoms with van der Waals surface area (Å²) in [7, 11) is 0. The summed E-state index contributed by atoms with van der Waals surface area (Å²) in [5.41, 5.74) is 0.657. The molecule has 138 valence electrons. The van der Waals surface area contributed by atoms with Crippen molar-refractivity contribution in [3.05, 3.63) is 42.0 Å². The number of likely N-dealkylation sites (tertiary alicyclic amines) is 1. The van der Waals surface area contributed by atoms with Gasteiger partial charge in [-0.15, -0.1) is 0 Å². The van der Waals surface area contributed by atoms with Crippen LogP contribution >= 0.6 is 0 Å². The van der Waals surface area contributed by atoms with Crippen molar-refractivity contribution in [1.82, 2.24) is 14.5 Å². The summed E-state index contributed by atoms with van der Waals surface area (Å²) in [5, 5.41) is 0. The molecule has 6 nitrogen and oxygen atoms in total. The number of hydrogen-bond acceptors (Lipinski definition) is 4. The minimum atomic E-state index is 0.0552. The molecule has 2 aliphatic rings. The quantitative estimate of drug-likeness (QED) is 0.824. The maximum atomic E-state index is 13.0. The lowest BCUT2D eigenvalue weighted by molar-refractivity contribution is 0.0703. The van der Waals surface area contributed by atoms with E-state index < -0.39 is 0 Å². The van der Waals surface area contributed by atoms with E-state index in [2.05, 4.69) is 22.7 Å². The Bertz CT molecular complexity index is 786. The van der Waals surface area contributed by atoms with Gasteiger partial charge in [0.2, 0.25) is 6.79 Å². The molecule has 0 saturated carbocycles. The first-order valence-electron chi connectivity index (χ1n) is 9.46. The van der Waals surface area contributed by atoms with Gasteiger partial charge in [-0.25, -0.2) is 4.98 Å². The molecule has 0 radical (unpaired) electrons. The van der Waals surface area contributed by atoms with Crippen LogP contribution in [0.25, 0.3) is 0 Å². The summed E-state index contributed by atoms with van der Waals surface area (Å²) >= 11 is 0. The van der Waals surface area contributed by atoms with Crippen LogP contribution in [0.2, 0.25) is 0 Å². The van der Waals surface area contributed by atoms with E-state index in [9.17, 15) is 4.79 Å². The van der Waals surface area contributed by atoms with Crippen molar-refractivity contribution in [3.63, 3.8) is 0 Å². The number of unbranched alkanes of at least 4 members (excludes halogenated alkanes) is 1. The molecule has 1 amide bonds. The van der Waals surface area contributed by atoms with E-state index in [1.807, 2.05) is 23.2 Å². The number of aryl methyl sites for hydroxylation is 1. The summed E-state index contributed by atoms with van der Waals surface area (Å²) in [4.78, 5) is 19.5. The van der Waals surface area contributed by atoms with Crippen LogP contribution in [0.5, 0.6) is 11.5 Å². The molecule has 6 heteroatoms. The molecule has 4 rings (SSSR count). The maximum Gasteiger partial charge on any atom is 0.254 e. The SMILES string of the molecule is CCCCn1ccnc1[C@H]1CCCN(C(=O)c2ccc3c(c2)OCO3)C1. The van der Waals surface area contributed by atoms with Gasteiger partial charge in [-0.05, 0) is 37.5 Å². The topological polar surface area (TPSA) is 56.6 Å². The molecule has 1 aromatic heterocycles. The molecule has 0 bridgehead atoms. The molecule has 0 unspecified atom stereocenters. The van der Waals surface area contributed by atoms with E-state index >= 15 is 0 Å². The Labute approximate surface area is 153 Å². The summed E-state index contributed by atoms with van der Waals surface area (Å²) in [6, 6.07) is 5.42. The normalized spacial score (nSPS) is 19.0. The van der Waals surface area contributed by atoms with Crippen LogP contribution in [0.3, 0.4) is 0 Å². The van der Waals surface area contributed by atoms with E-state index in [-0.39, 0.29) is 12.7 Å². The molecule has 2 aliphatic heterocycles. The van der Waals surface area contributed by atoms with Crippen molar-refractivity contribution >= 4 is 5.91 Å². The molecule has 1 aromatic carbocycles. The third-order valence-electron chi connectivity index (χ3n) is 5.19. The minimum absolute atomic E-state index is 0.0552. The summed E-state index contributed by atoms with van der Waals surface area (Å²) in [6.07, 6.45) is 8.33. The molecular formula is C20H25N3O3. The Morgan fingerprint density at radius 2 is 2.19 bits per heavy atom. The van der Waals surface area contributed by atoms with Gasteiger partial charge < -0.3 is 18.9 Å². The molecule has 2 aromatic rings. The Morgan fingerprint density at radius 1 is 1.31 bits per heavy atom. The van der Waals surface area contributed by atoms with E-state index in [0.29, 0.717) is 23.0 Å². The number of ether oxygens (including phenoxy) is 2. The number of nitrogens with zero attached hydrogens (tertiary/aromatic N) is 3. The Morgan fingerprint density at radius 3 is 3.08 bits per heavy atom. The summed E-state index contributed by atoms with van der Waals surface area (Å²) in [5.74, 6) is 2.82. The summed E-state index contributed by atoms with van der Waals surface area (Å²) < 4.78 is 13.0. The highest BCUT2D eigenvalue weighted by Crippen LogP contribution is 2.33. The third-order valence-corrected chi connectivity index (χ3v) is 5.19. The van der Waals surface area contributed by atoms with Gasteiger partial charge in [-0.1, -0.05) is 13.3 Å². The lowest BCUT2D eigenvalue weighted by atomic mass is 9.96. The molecule has 1 saturated heterocycles. The highest BCUT2D eigenvalue weighted by atomic mass is 16.7. The van der Waals surface area contributed by atoms with Crippen molar-refractivity contribution in [2.45, 2.75) is 45.1 Å². The van der Waals surface area contributed by atoms with Crippen LogP contribution in [0.4, 0.5) is 0 Å². The van der Waals surface area contributed by atoms with Gasteiger partial charge >= 0.3 is 0 Å². The van der Waals surface area contributed by atoms with Crippen LogP contribution in [0.15, 0.2) is 30.6 Å². The average Bonchev–Trinajstić information content (AvgIpc) is 3.34. The lowest BCUT2D eigenvalue weighted by Gasteiger charge is -2.32. The molecule has 0 N–H and O–H groups in total. The van der Waals surface area contributed by atoms with Crippen LogP contribution < -0.4 is 9.47 Å². The number of piperidine rings is 1. The number of benzene rings is 1. The standard InChI is InChI=1S/C20H25N3O3/c1-2-3-9-22-11-8-21-19(22)16-5-4-10-23(13-16)20(24)15-6-7-17-18(12-15)26-14-25-17/h6-8,11-12,16H,2-5,9-10,13-14H2,1H3/t16-/m0/s1. The smallest absolute Gasteiger partial charge is 0.254 e. The number of carbonyl (C=O) groups is 1. The van der Waals surface area contributed by atoms with E-state index in [4.69, 9.17) is 9.47 Å². The average molecular weight is 355 g/mol. The van der Waals surface area contributed by atoms with Crippen LogP contribution in [-0.4, -0.2) is 40.2 Å². The van der Waals surface area contributed by atoms with E-state index in [1.54, 1.807) is 6.07 Å². The van der Waals surface area contributed by atoms with Crippen molar-refractivity contribution in [1.29, 1.82) is 0 Å². The molecule has 26 heavy (non-hydrogen) atoms. The second-order valence-electron chi connectivity index (χ2n) is 6.99. The van der Waals surface area contributed by atoms with Gasteiger partial charge in [0.25, 0.3) is 5.91 Å². The molecule has 0 spiro atoms. The van der Waals surface area contributed by atoms with E-state index in [0.717, 1.165) is 51.1 Å². The molecule has 1 fully saturated rings. The highest BCUT2D eigenvalue weighted by Gasteiger charge is 2.28. The monoisotopic (exact) mass is 355 g/mol. The van der Waals surface area contributed by atoms with Gasteiger partial charge in [0, 0.05) is 43.5 Å². The zero-order chi connectivity index (χ0) is 17.9. The second-order valence-corrected chi connectivity index (χ2v) is 6.99.